The van der Waals surface area contributed by atoms with E-state index < -0.39 is 11.8 Å². The van der Waals surface area contributed by atoms with Gasteiger partial charge in [0.2, 0.25) is 5.75 Å². The molecule has 0 fully saturated rings. The van der Waals surface area contributed by atoms with E-state index in [0.717, 1.165) is 6.42 Å². The monoisotopic (exact) mass is 494 g/mol. The van der Waals surface area contributed by atoms with E-state index in [0.29, 0.717) is 45.6 Å². The van der Waals surface area contributed by atoms with Crippen LogP contribution in [-0.4, -0.2) is 39.8 Å². The minimum atomic E-state index is -0.541. The van der Waals surface area contributed by atoms with Crippen molar-refractivity contribution in [3.8, 4) is 23.0 Å². The Labute approximate surface area is 190 Å². The molecule has 9 heteroatoms. The molecular weight excluding hydrogens is 468 g/mol. The molecule has 0 heterocycles. The molecule has 0 radical (unpaired) electrons. The highest BCUT2D eigenvalue weighted by Gasteiger charge is 2.18. The van der Waals surface area contributed by atoms with Crippen LogP contribution in [0.15, 0.2) is 34.8 Å². The summed E-state index contributed by atoms with van der Waals surface area (Å²) in [5.41, 5.74) is 5.36. The van der Waals surface area contributed by atoms with Crippen molar-refractivity contribution in [1.29, 1.82) is 0 Å². The van der Waals surface area contributed by atoms with E-state index in [2.05, 4.69) is 40.6 Å². The van der Waals surface area contributed by atoms with Crippen molar-refractivity contribution in [3.05, 3.63) is 45.9 Å². The first-order valence-electron chi connectivity index (χ1n) is 9.63. The van der Waals surface area contributed by atoms with Crippen molar-refractivity contribution < 1.29 is 28.5 Å². The van der Waals surface area contributed by atoms with Gasteiger partial charge in [-0.2, -0.15) is 0 Å². The maximum Gasteiger partial charge on any atom is 0.269 e. The maximum absolute atomic E-state index is 12.5. The summed E-state index contributed by atoms with van der Waals surface area (Å²) < 4.78 is 22.1. The Hall–Kier alpha value is -2.94. The summed E-state index contributed by atoms with van der Waals surface area (Å²) in [5, 5.41) is 0. The Morgan fingerprint density at radius 2 is 1.45 bits per heavy atom. The number of carbonyl (C=O) groups is 2. The van der Waals surface area contributed by atoms with E-state index in [-0.39, 0.29) is 5.56 Å². The molecule has 2 aromatic rings. The number of hydrazine groups is 1. The molecular formula is C22H27BrN2O6. The first-order chi connectivity index (χ1) is 14.8. The number of rotatable bonds is 9. The topological polar surface area (TPSA) is 95.1 Å². The number of methoxy groups -OCH3 is 3. The van der Waals surface area contributed by atoms with Gasteiger partial charge in [-0.3, -0.25) is 20.4 Å². The highest BCUT2D eigenvalue weighted by Crippen LogP contribution is 2.38. The predicted molar refractivity (Wildman–Crippen MR) is 120 cm³/mol. The molecule has 2 N–H and O–H groups in total. The number of ether oxygens (including phenoxy) is 4. The number of carbonyl (C=O) groups excluding carboxylic acids is 2. The second-order valence-corrected chi connectivity index (χ2v) is 7.85. The van der Waals surface area contributed by atoms with Crippen LogP contribution in [0.1, 0.15) is 41.0 Å². The molecule has 2 aromatic carbocycles. The fourth-order valence-corrected chi connectivity index (χ4v) is 3.13. The molecule has 0 saturated heterocycles. The van der Waals surface area contributed by atoms with Gasteiger partial charge < -0.3 is 18.9 Å². The van der Waals surface area contributed by atoms with Crippen LogP contribution in [0.2, 0.25) is 0 Å². The zero-order valence-corrected chi connectivity index (χ0v) is 19.8. The van der Waals surface area contributed by atoms with Crippen LogP contribution in [-0.2, 0) is 0 Å². The molecule has 0 atom stereocenters. The van der Waals surface area contributed by atoms with Gasteiger partial charge in [0.25, 0.3) is 11.8 Å². The highest BCUT2D eigenvalue weighted by atomic mass is 79.9. The van der Waals surface area contributed by atoms with Gasteiger partial charge in [-0.1, -0.05) is 13.8 Å². The fraction of sp³-hybridized carbons (Fsp3) is 0.364. The van der Waals surface area contributed by atoms with E-state index in [1.54, 1.807) is 18.2 Å². The van der Waals surface area contributed by atoms with Crippen molar-refractivity contribution in [2.75, 3.05) is 27.9 Å². The third kappa shape index (κ3) is 6.52. The van der Waals surface area contributed by atoms with Crippen molar-refractivity contribution in [2.45, 2.75) is 20.3 Å². The molecule has 0 spiro atoms. The normalized spacial score (nSPS) is 10.4. The molecule has 0 aliphatic rings. The SMILES string of the molecule is COc1cc(C(=O)NNC(=O)c2ccc(OCCC(C)C)c(Br)c2)cc(OC)c1OC. The average Bonchev–Trinajstić information content (AvgIpc) is 2.76. The minimum absolute atomic E-state index is 0.227. The van der Waals surface area contributed by atoms with E-state index >= 15 is 0 Å². The number of hydrogen-bond acceptors (Lipinski definition) is 6. The summed E-state index contributed by atoms with van der Waals surface area (Å²) >= 11 is 3.41. The van der Waals surface area contributed by atoms with Crippen LogP contribution >= 0.6 is 15.9 Å². The summed E-state index contributed by atoms with van der Waals surface area (Å²) in [6.45, 7) is 4.84. The number of amides is 2. The van der Waals surface area contributed by atoms with Gasteiger partial charge in [-0.15, -0.1) is 0 Å². The summed E-state index contributed by atoms with van der Waals surface area (Å²) in [6, 6.07) is 7.94. The van der Waals surface area contributed by atoms with Crippen LogP contribution < -0.4 is 29.8 Å². The standard InChI is InChI=1S/C22H27BrN2O6/c1-13(2)8-9-31-17-7-6-14(10-16(17)23)21(26)24-25-22(27)15-11-18(28-3)20(30-5)19(12-15)29-4/h6-7,10-13H,8-9H2,1-5H3,(H,24,26)(H,25,27). The molecule has 31 heavy (non-hydrogen) atoms. The molecule has 0 unspecified atom stereocenters. The molecule has 0 aliphatic heterocycles. The lowest BCUT2D eigenvalue weighted by Gasteiger charge is -2.14. The third-order valence-corrected chi connectivity index (χ3v) is 4.98. The number of benzene rings is 2. The second-order valence-electron chi connectivity index (χ2n) is 7.00. The molecule has 2 rings (SSSR count). The summed E-state index contributed by atoms with van der Waals surface area (Å²) in [7, 11) is 4.38. The predicted octanol–water partition coefficient (Wildman–Crippen LogP) is 3.97. The van der Waals surface area contributed by atoms with Crippen LogP contribution in [0.25, 0.3) is 0 Å². The first kappa shape index (κ1) is 24.3. The van der Waals surface area contributed by atoms with Crippen molar-refractivity contribution in [1.82, 2.24) is 10.9 Å². The molecule has 0 aliphatic carbocycles. The molecule has 0 saturated carbocycles. The van der Waals surface area contributed by atoms with Crippen molar-refractivity contribution in [3.63, 3.8) is 0 Å². The molecule has 0 bridgehead atoms. The highest BCUT2D eigenvalue weighted by molar-refractivity contribution is 9.10. The zero-order chi connectivity index (χ0) is 23.0. The lowest BCUT2D eigenvalue weighted by atomic mass is 10.1. The van der Waals surface area contributed by atoms with Crippen LogP contribution in [0.4, 0.5) is 0 Å². The fourth-order valence-electron chi connectivity index (χ4n) is 2.63. The Morgan fingerprint density at radius 3 is 1.94 bits per heavy atom. The zero-order valence-electron chi connectivity index (χ0n) is 18.2. The maximum atomic E-state index is 12.5. The number of hydrogen-bond donors (Lipinski definition) is 2. The van der Waals surface area contributed by atoms with E-state index in [9.17, 15) is 9.59 Å². The van der Waals surface area contributed by atoms with E-state index in [1.165, 1.54) is 33.5 Å². The second kappa shape index (κ2) is 11.5. The van der Waals surface area contributed by atoms with Crippen molar-refractivity contribution >= 4 is 27.7 Å². The van der Waals surface area contributed by atoms with Gasteiger partial charge in [0.05, 0.1) is 32.4 Å². The summed E-state index contributed by atoms with van der Waals surface area (Å²) in [5.74, 6) is 1.20. The third-order valence-electron chi connectivity index (χ3n) is 4.36. The summed E-state index contributed by atoms with van der Waals surface area (Å²) in [4.78, 5) is 24.9. The average molecular weight is 495 g/mol. The van der Waals surface area contributed by atoms with Gasteiger partial charge in [-0.05, 0) is 58.6 Å². The van der Waals surface area contributed by atoms with Gasteiger partial charge in [0.1, 0.15) is 5.75 Å². The Balaban J connectivity index is 2.04. The summed E-state index contributed by atoms with van der Waals surface area (Å²) in [6.07, 6.45) is 0.932. The van der Waals surface area contributed by atoms with Crippen LogP contribution in [0, 0.1) is 5.92 Å². The minimum Gasteiger partial charge on any atom is -0.493 e. The van der Waals surface area contributed by atoms with Crippen LogP contribution in [0.3, 0.4) is 0 Å². The number of nitrogens with one attached hydrogen (secondary N) is 2. The first-order valence-corrected chi connectivity index (χ1v) is 10.4. The van der Waals surface area contributed by atoms with Crippen LogP contribution in [0.5, 0.6) is 23.0 Å². The quantitative estimate of drug-likeness (QED) is 0.512. The molecule has 8 nitrogen and oxygen atoms in total. The van der Waals surface area contributed by atoms with Crippen molar-refractivity contribution in [2.24, 2.45) is 5.92 Å². The Morgan fingerprint density at radius 1 is 0.871 bits per heavy atom. The smallest absolute Gasteiger partial charge is 0.269 e. The lowest BCUT2D eigenvalue weighted by Crippen LogP contribution is -2.41. The Bertz CT molecular complexity index is 907. The lowest BCUT2D eigenvalue weighted by molar-refractivity contribution is 0.0846. The Kier molecular flexibility index (Phi) is 8.99. The van der Waals surface area contributed by atoms with E-state index in [4.69, 9.17) is 18.9 Å². The number of halogens is 1. The molecule has 168 valence electrons. The van der Waals surface area contributed by atoms with E-state index in [1.807, 2.05) is 0 Å². The van der Waals surface area contributed by atoms with Gasteiger partial charge in [0, 0.05) is 11.1 Å². The van der Waals surface area contributed by atoms with Gasteiger partial charge >= 0.3 is 0 Å². The largest absolute Gasteiger partial charge is 0.493 e. The molecule has 0 aromatic heterocycles. The molecule has 2 amide bonds. The van der Waals surface area contributed by atoms with Gasteiger partial charge in [-0.25, -0.2) is 0 Å². The van der Waals surface area contributed by atoms with Gasteiger partial charge in [0.15, 0.2) is 11.5 Å².